The summed E-state index contributed by atoms with van der Waals surface area (Å²) in [4.78, 5) is 24.4. The monoisotopic (exact) mass is 214 g/mol. The first-order valence-corrected chi connectivity index (χ1v) is 4.67. The van der Waals surface area contributed by atoms with Gasteiger partial charge in [0.2, 0.25) is 0 Å². The van der Waals surface area contributed by atoms with Crippen molar-refractivity contribution in [2.24, 2.45) is 0 Å². The van der Waals surface area contributed by atoms with Gasteiger partial charge in [0.05, 0.1) is 0 Å². The average Bonchev–Trinajstić information content (AvgIpc) is 2.13. The largest absolute Gasteiger partial charge is 0.368 e. The van der Waals surface area contributed by atoms with Crippen LogP contribution in [0.15, 0.2) is 15.8 Å². The topological polar surface area (TPSA) is 95.3 Å². The molecule has 0 aliphatic carbocycles. The maximum Gasteiger partial charge on any atom is 0.328 e. The van der Waals surface area contributed by atoms with Crippen molar-refractivity contribution in [3.8, 4) is 0 Å². The Labute approximate surface area is 85.8 Å². The van der Waals surface area contributed by atoms with Crippen molar-refractivity contribution < 1.29 is 10.2 Å². The molecule has 0 aliphatic heterocycles. The van der Waals surface area contributed by atoms with E-state index in [0.717, 1.165) is 0 Å². The van der Waals surface area contributed by atoms with Crippen LogP contribution >= 0.6 is 0 Å². The number of nitrogens with zero attached hydrogens (tertiary/aromatic N) is 1. The normalized spacial score (nSPS) is 10.9. The minimum atomic E-state index is -1.36. The van der Waals surface area contributed by atoms with Gasteiger partial charge in [-0.25, -0.2) is 4.79 Å². The van der Waals surface area contributed by atoms with Gasteiger partial charge >= 0.3 is 5.69 Å². The number of aliphatic hydroxyl groups is 2. The minimum Gasteiger partial charge on any atom is -0.368 e. The Bertz CT molecular complexity index is 432. The van der Waals surface area contributed by atoms with Gasteiger partial charge < -0.3 is 14.8 Å². The van der Waals surface area contributed by atoms with Gasteiger partial charge in [0.1, 0.15) is 0 Å². The molecular formula is C9H14N2O4. The number of aliphatic hydroxyl groups excluding tert-OH is 1. The van der Waals surface area contributed by atoms with E-state index in [1.54, 1.807) is 6.92 Å². The average molecular weight is 214 g/mol. The fraction of sp³-hybridized carbons (Fsp3) is 0.556. The summed E-state index contributed by atoms with van der Waals surface area (Å²) in [7, 11) is 0. The molecule has 84 valence electrons. The fourth-order valence-corrected chi connectivity index (χ4v) is 1.23. The number of aromatic nitrogens is 2. The smallest absolute Gasteiger partial charge is 0.328 e. The third-order valence-corrected chi connectivity index (χ3v) is 2.05. The van der Waals surface area contributed by atoms with Gasteiger partial charge in [-0.1, -0.05) is 0 Å². The predicted molar refractivity (Wildman–Crippen MR) is 53.5 cm³/mol. The lowest BCUT2D eigenvalue weighted by Gasteiger charge is -2.06. The predicted octanol–water partition coefficient (Wildman–Crippen LogP) is -1.06. The molecule has 0 saturated heterocycles. The maximum absolute atomic E-state index is 11.3. The van der Waals surface area contributed by atoms with Crippen LogP contribution in [-0.4, -0.2) is 26.1 Å². The second-order valence-corrected chi connectivity index (χ2v) is 3.39. The summed E-state index contributed by atoms with van der Waals surface area (Å²) >= 11 is 0. The van der Waals surface area contributed by atoms with Crippen LogP contribution < -0.4 is 11.2 Å². The molecule has 3 N–H and O–H groups in total. The van der Waals surface area contributed by atoms with E-state index >= 15 is 0 Å². The lowest BCUT2D eigenvalue weighted by atomic mass is 10.3. The summed E-state index contributed by atoms with van der Waals surface area (Å²) in [5, 5.41) is 17.2. The lowest BCUT2D eigenvalue weighted by molar-refractivity contribution is -0.0469. The number of rotatable bonds is 4. The van der Waals surface area contributed by atoms with E-state index in [1.165, 1.54) is 10.8 Å². The van der Waals surface area contributed by atoms with Gasteiger partial charge in [-0.05, 0) is 19.8 Å². The zero-order chi connectivity index (χ0) is 11.4. The van der Waals surface area contributed by atoms with E-state index < -0.39 is 17.5 Å². The molecule has 0 unspecified atom stereocenters. The summed E-state index contributed by atoms with van der Waals surface area (Å²) in [5.74, 6) is 0. The molecule has 1 aromatic rings. The summed E-state index contributed by atoms with van der Waals surface area (Å²) in [6, 6.07) is 0. The zero-order valence-electron chi connectivity index (χ0n) is 8.43. The van der Waals surface area contributed by atoms with E-state index in [1.807, 2.05) is 0 Å². The molecule has 0 amide bonds. The highest BCUT2D eigenvalue weighted by Gasteiger charge is 2.02. The van der Waals surface area contributed by atoms with Gasteiger partial charge in [0.25, 0.3) is 5.56 Å². The van der Waals surface area contributed by atoms with E-state index in [9.17, 15) is 9.59 Å². The van der Waals surface area contributed by atoms with Gasteiger partial charge in [-0.2, -0.15) is 0 Å². The van der Waals surface area contributed by atoms with Crippen LogP contribution in [0.3, 0.4) is 0 Å². The van der Waals surface area contributed by atoms with Crippen molar-refractivity contribution in [1.29, 1.82) is 0 Å². The van der Waals surface area contributed by atoms with Crippen molar-refractivity contribution in [3.05, 3.63) is 32.6 Å². The number of nitrogens with one attached hydrogen (secondary N) is 1. The molecule has 0 atom stereocenters. The van der Waals surface area contributed by atoms with Crippen molar-refractivity contribution in [2.45, 2.75) is 32.6 Å². The number of H-pyrrole nitrogens is 1. The second-order valence-electron chi connectivity index (χ2n) is 3.39. The molecule has 15 heavy (non-hydrogen) atoms. The molecule has 1 heterocycles. The first kappa shape index (κ1) is 11.7. The van der Waals surface area contributed by atoms with Gasteiger partial charge in [-0.15, -0.1) is 0 Å². The van der Waals surface area contributed by atoms with Crippen LogP contribution in [0.5, 0.6) is 0 Å². The Morgan fingerprint density at radius 3 is 2.73 bits per heavy atom. The molecular weight excluding hydrogens is 200 g/mol. The van der Waals surface area contributed by atoms with E-state index in [4.69, 9.17) is 10.2 Å². The first-order valence-electron chi connectivity index (χ1n) is 4.67. The Balaban J connectivity index is 2.74. The highest BCUT2D eigenvalue weighted by atomic mass is 16.5. The van der Waals surface area contributed by atoms with Crippen LogP contribution in [0, 0.1) is 6.92 Å². The summed E-state index contributed by atoms with van der Waals surface area (Å²) in [5.41, 5.74) is -0.407. The van der Waals surface area contributed by atoms with E-state index in [-0.39, 0.29) is 6.42 Å². The SMILES string of the molecule is Cc1cn(CCCC(O)O)c(=O)[nH]c1=O. The number of aryl methyl sites for hydroxylation is 2. The molecule has 6 heteroatoms. The standard InChI is InChI=1S/C9H14N2O4/c1-6-5-11(4-2-3-7(12)13)9(15)10-8(6)14/h5,7,12-13H,2-4H2,1H3,(H,10,14,15). The second kappa shape index (κ2) is 4.90. The molecule has 0 bridgehead atoms. The third kappa shape index (κ3) is 3.34. The first-order chi connectivity index (χ1) is 7.00. The van der Waals surface area contributed by atoms with Crippen molar-refractivity contribution in [1.82, 2.24) is 9.55 Å². The minimum absolute atomic E-state index is 0.199. The quantitative estimate of drug-likeness (QED) is 0.556. The highest BCUT2D eigenvalue weighted by Crippen LogP contribution is 1.96. The van der Waals surface area contributed by atoms with E-state index in [0.29, 0.717) is 18.5 Å². The zero-order valence-corrected chi connectivity index (χ0v) is 8.43. The van der Waals surface area contributed by atoms with Crippen LogP contribution in [0.1, 0.15) is 18.4 Å². The van der Waals surface area contributed by atoms with E-state index in [2.05, 4.69) is 4.98 Å². The molecule has 0 saturated carbocycles. The lowest BCUT2D eigenvalue weighted by Crippen LogP contribution is -2.31. The molecule has 1 aromatic heterocycles. The van der Waals surface area contributed by atoms with Gasteiger partial charge in [-0.3, -0.25) is 9.78 Å². The molecule has 0 radical (unpaired) electrons. The number of hydrogen-bond donors (Lipinski definition) is 3. The van der Waals surface area contributed by atoms with Crippen LogP contribution in [-0.2, 0) is 6.54 Å². The van der Waals surface area contributed by atoms with Crippen LogP contribution in [0.25, 0.3) is 0 Å². The summed E-state index contributed by atoms with van der Waals surface area (Å²) < 4.78 is 1.35. The summed E-state index contributed by atoms with van der Waals surface area (Å²) in [6.07, 6.45) is 0.767. The molecule has 0 aliphatic rings. The Morgan fingerprint density at radius 1 is 1.47 bits per heavy atom. The Kier molecular flexibility index (Phi) is 3.81. The van der Waals surface area contributed by atoms with Crippen LogP contribution in [0.2, 0.25) is 0 Å². The molecule has 0 aromatic carbocycles. The molecule has 0 fully saturated rings. The fourth-order valence-electron chi connectivity index (χ4n) is 1.23. The third-order valence-electron chi connectivity index (χ3n) is 2.05. The summed E-state index contributed by atoms with van der Waals surface area (Å²) in [6.45, 7) is 1.96. The molecule has 0 spiro atoms. The highest BCUT2D eigenvalue weighted by molar-refractivity contribution is 5.00. The number of aromatic amines is 1. The Morgan fingerprint density at radius 2 is 2.13 bits per heavy atom. The van der Waals surface area contributed by atoms with Gasteiger partial charge in [0.15, 0.2) is 6.29 Å². The van der Waals surface area contributed by atoms with Crippen molar-refractivity contribution in [3.63, 3.8) is 0 Å². The van der Waals surface area contributed by atoms with Crippen LogP contribution in [0.4, 0.5) is 0 Å². The maximum atomic E-state index is 11.3. The van der Waals surface area contributed by atoms with Crippen molar-refractivity contribution in [2.75, 3.05) is 0 Å². The van der Waals surface area contributed by atoms with Gasteiger partial charge in [0, 0.05) is 18.3 Å². The molecule has 1 rings (SSSR count). The van der Waals surface area contributed by atoms with Crippen molar-refractivity contribution >= 4 is 0 Å². The Hall–Kier alpha value is -1.40. The molecule has 6 nitrogen and oxygen atoms in total. The number of hydrogen-bond acceptors (Lipinski definition) is 4.